The third kappa shape index (κ3) is 2.64. The average Bonchev–Trinajstić information content (AvgIpc) is 2.47. The van der Waals surface area contributed by atoms with Crippen LogP contribution in [0.3, 0.4) is 0 Å². The highest BCUT2D eigenvalue weighted by molar-refractivity contribution is 5.79. The van der Waals surface area contributed by atoms with Gasteiger partial charge in [-0.05, 0) is 23.8 Å². The van der Waals surface area contributed by atoms with Crippen molar-refractivity contribution < 1.29 is 9.90 Å². The molecule has 0 amide bonds. The van der Waals surface area contributed by atoms with Gasteiger partial charge in [0, 0.05) is 37.8 Å². The number of carboxylic acid groups (broad SMARTS) is 1. The van der Waals surface area contributed by atoms with Crippen molar-refractivity contribution in [1.29, 1.82) is 0 Å². The van der Waals surface area contributed by atoms with Gasteiger partial charge in [-0.2, -0.15) is 0 Å². The molecule has 0 radical (unpaired) electrons. The molecule has 1 fully saturated rings. The zero-order valence-electron chi connectivity index (χ0n) is 11.1. The van der Waals surface area contributed by atoms with E-state index in [1.54, 1.807) is 6.20 Å². The summed E-state index contributed by atoms with van der Waals surface area (Å²) >= 11 is 0. The molecular formula is C15H17N3O2. The number of carboxylic acids is 1. The van der Waals surface area contributed by atoms with Crippen LogP contribution in [0.2, 0.25) is 0 Å². The first-order valence-electron chi connectivity index (χ1n) is 6.75. The number of carbonyl (C=O) groups is 1. The van der Waals surface area contributed by atoms with E-state index in [9.17, 15) is 9.90 Å². The molecular weight excluding hydrogens is 254 g/mol. The summed E-state index contributed by atoms with van der Waals surface area (Å²) in [5, 5.41) is 13.5. The molecule has 1 aromatic heterocycles. The number of fused-ring (bicyclic) bond motifs is 1. The van der Waals surface area contributed by atoms with Crippen molar-refractivity contribution in [2.75, 3.05) is 19.6 Å². The Kier molecular flexibility index (Phi) is 3.62. The van der Waals surface area contributed by atoms with Gasteiger partial charge in [0.1, 0.15) is 6.04 Å². The number of hydrogen-bond donors (Lipinski definition) is 2. The molecule has 1 aliphatic rings. The molecule has 0 saturated carbocycles. The Bertz CT molecular complexity index is 629. The summed E-state index contributed by atoms with van der Waals surface area (Å²) in [6.07, 6.45) is 1.78. The van der Waals surface area contributed by atoms with Crippen LogP contribution in [-0.4, -0.2) is 46.6 Å². The van der Waals surface area contributed by atoms with E-state index in [2.05, 4.69) is 16.4 Å². The van der Waals surface area contributed by atoms with Gasteiger partial charge in [0.2, 0.25) is 0 Å². The number of hydrogen-bond acceptors (Lipinski definition) is 4. The Hall–Kier alpha value is -1.98. The Morgan fingerprint density at radius 1 is 1.45 bits per heavy atom. The minimum absolute atomic E-state index is 0.451. The molecule has 1 aliphatic heterocycles. The Balaban J connectivity index is 1.82. The number of benzene rings is 1. The Morgan fingerprint density at radius 3 is 3.20 bits per heavy atom. The van der Waals surface area contributed by atoms with Crippen molar-refractivity contribution in [2.45, 2.75) is 12.6 Å². The van der Waals surface area contributed by atoms with Crippen molar-refractivity contribution in [1.82, 2.24) is 15.2 Å². The molecule has 2 aromatic rings. The molecule has 1 aromatic carbocycles. The Morgan fingerprint density at radius 2 is 2.35 bits per heavy atom. The lowest BCUT2D eigenvalue weighted by Gasteiger charge is -2.33. The summed E-state index contributed by atoms with van der Waals surface area (Å²) in [7, 11) is 0. The molecule has 5 heteroatoms. The number of piperazine rings is 1. The second-order valence-electron chi connectivity index (χ2n) is 5.06. The van der Waals surface area contributed by atoms with Crippen LogP contribution >= 0.6 is 0 Å². The van der Waals surface area contributed by atoms with Gasteiger partial charge in [0.25, 0.3) is 0 Å². The van der Waals surface area contributed by atoms with E-state index in [1.165, 1.54) is 0 Å². The minimum Gasteiger partial charge on any atom is -0.480 e. The zero-order chi connectivity index (χ0) is 13.9. The number of nitrogens with one attached hydrogen (secondary N) is 1. The van der Waals surface area contributed by atoms with E-state index in [0.717, 1.165) is 29.6 Å². The predicted octanol–water partition coefficient (Wildman–Crippen LogP) is 1.09. The first kappa shape index (κ1) is 13.0. The van der Waals surface area contributed by atoms with Crippen LogP contribution in [0.1, 0.15) is 5.56 Å². The lowest BCUT2D eigenvalue weighted by atomic mass is 10.1. The molecule has 1 atom stereocenters. The SMILES string of the molecule is O=C(O)C1CNCCN1Cc1ccc2ncccc2c1. The van der Waals surface area contributed by atoms with Gasteiger partial charge in [-0.15, -0.1) is 0 Å². The summed E-state index contributed by atoms with van der Waals surface area (Å²) in [6.45, 7) is 2.74. The molecule has 1 unspecified atom stereocenters. The molecule has 2 heterocycles. The fourth-order valence-electron chi connectivity index (χ4n) is 2.64. The highest BCUT2D eigenvalue weighted by Crippen LogP contribution is 2.16. The highest BCUT2D eigenvalue weighted by Gasteiger charge is 2.28. The van der Waals surface area contributed by atoms with Gasteiger partial charge < -0.3 is 10.4 Å². The maximum Gasteiger partial charge on any atom is 0.322 e. The summed E-state index contributed by atoms with van der Waals surface area (Å²) in [4.78, 5) is 17.6. The van der Waals surface area contributed by atoms with Crippen molar-refractivity contribution in [2.24, 2.45) is 0 Å². The zero-order valence-corrected chi connectivity index (χ0v) is 11.1. The van der Waals surface area contributed by atoms with Crippen LogP contribution in [0.15, 0.2) is 36.5 Å². The average molecular weight is 271 g/mol. The van der Waals surface area contributed by atoms with Gasteiger partial charge in [0.15, 0.2) is 0 Å². The van der Waals surface area contributed by atoms with Crippen molar-refractivity contribution in [3.63, 3.8) is 0 Å². The maximum atomic E-state index is 11.3. The summed E-state index contributed by atoms with van der Waals surface area (Å²) in [5.41, 5.74) is 2.09. The molecule has 3 rings (SSSR count). The van der Waals surface area contributed by atoms with Gasteiger partial charge in [-0.25, -0.2) is 0 Å². The molecule has 104 valence electrons. The van der Waals surface area contributed by atoms with Crippen LogP contribution in [0.5, 0.6) is 0 Å². The van der Waals surface area contributed by atoms with Crippen LogP contribution < -0.4 is 5.32 Å². The number of rotatable bonds is 3. The largest absolute Gasteiger partial charge is 0.480 e. The standard InChI is InChI=1S/C15H17N3O2/c19-15(20)14-9-16-6-7-18(14)10-11-3-4-13-12(8-11)2-1-5-17-13/h1-5,8,14,16H,6-7,9-10H2,(H,19,20). The number of aromatic nitrogens is 1. The second kappa shape index (κ2) is 5.56. The van der Waals surface area contributed by atoms with E-state index < -0.39 is 12.0 Å². The molecule has 20 heavy (non-hydrogen) atoms. The normalized spacial score (nSPS) is 20.1. The predicted molar refractivity (Wildman–Crippen MR) is 76.4 cm³/mol. The molecule has 0 bridgehead atoms. The lowest BCUT2D eigenvalue weighted by Crippen LogP contribution is -2.54. The van der Waals surface area contributed by atoms with E-state index in [0.29, 0.717) is 13.1 Å². The first-order chi connectivity index (χ1) is 9.74. The molecule has 5 nitrogen and oxygen atoms in total. The minimum atomic E-state index is -0.764. The monoisotopic (exact) mass is 271 g/mol. The highest BCUT2D eigenvalue weighted by atomic mass is 16.4. The van der Waals surface area contributed by atoms with E-state index in [1.807, 2.05) is 29.2 Å². The molecule has 2 N–H and O–H groups in total. The summed E-state index contributed by atoms with van der Waals surface area (Å²) in [6, 6.07) is 9.59. The molecule has 0 spiro atoms. The quantitative estimate of drug-likeness (QED) is 0.875. The number of aliphatic carboxylic acids is 1. The van der Waals surface area contributed by atoms with Crippen molar-refractivity contribution >= 4 is 16.9 Å². The van der Waals surface area contributed by atoms with Crippen LogP contribution in [0, 0.1) is 0 Å². The van der Waals surface area contributed by atoms with Gasteiger partial charge in [-0.3, -0.25) is 14.7 Å². The van der Waals surface area contributed by atoms with E-state index in [4.69, 9.17) is 0 Å². The number of nitrogens with zero attached hydrogens (tertiary/aromatic N) is 2. The van der Waals surface area contributed by atoms with Crippen LogP contribution in [-0.2, 0) is 11.3 Å². The van der Waals surface area contributed by atoms with Gasteiger partial charge >= 0.3 is 5.97 Å². The van der Waals surface area contributed by atoms with E-state index >= 15 is 0 Å². The van der Waals surface area contributed by atoms with Crippen molar-refractivity contribution in [3.05, 3.63) is 42.1 Å². The molecule has 1 saturated heterocycles. The molecule has 0 aliphatic carbocycles. The summed E-state index contributed by atoms with van der Waals surface area (Å²) < 4.78 is 0. The number of pyridine rings is 1. The van der Waals surface area contributed by atoms with E-state index in [-0.39, 0.29) is 0 Å². The van der Waals surface area contributed by atoms with Crippen molar-refractivity contribution in [3.8, 4) is 0 Å². The third-order valence-corrected chi connectivity index (χ3v) is 3.69. The second-order valence-corrected chi connectivity index (χ2v) is 5.06. The lowest BCUT2D eigenvalue weighted by molar-refractivity contribution is -0.144. The topological polar surface area (TPSA) is 65.5 Å². The third-order valence-electron chi connectivity index (χ3n) is 3.69. The maximum absolute atomic E-state index is 11.3. The van der Waals surface area contributed by atoms with Gasteiger partial charge in [-0.1, -0.05) is 12.1 Å². The van der Waals surface area contributed by atoms with Gasteiger partial charge in [0.05, 0.1) is 5.52 Å². The fraction of sp³-hybridized carbons (Fsp3) is 0.333. The Labute approximate surface area is 117 Å². The summed E-state index contributed by atoms with van der Waals surface area (Å²) in [5.74, 6) is -0.764. The fourth-order valence-corrected chi connectivity index (χ4v) is 2.64. The smallest absolute Gasteiger partial charge is 0.322 e. The van der Waals surface area contributed by atoms with Crippen LogP contribution in [0.25, 0.3) is 10.9 Å². The first-order valence-corrected chi connectivity index (χ1v) is 6.75. The van der Waals surface area contributed by atoms with Crippen LogP contribution in [0.4, 0.5) is 0 Å².